The fourth-order valence-corrected chi connectivity index (χ4v) is 7.46. The standard InChI is InChI=1S/C28H27F3N6O4S/c1-16-5-6-18(22(13-24(38)39)21-8-11-37-25(17(21)2)33-34-27(37)28(29,30)31)12-19(16)14-35-15-20-7-10-36(20)26-23(42(35,40)41)4-3-9-32-26/h3-6,8-9,11-12,20,22H,7,10,13-15H2,1-2H3,(H,38,39)/t20-,22+/m1/s1. The molecule has 2 atom stereocenters. The zero-order chi connectivity index (χ0) is 30.0. The lowest BCUT2D eigenvalue weighted by atomic mass is 9.85. The molecule has 220 valence electrons. The van der Waals surface area contributed by atoms with Crippen molar-refractivity contribution < 1.29 is 31.5 Å². The van der Waals surface area contributed by atoms with Gasteiger partial charge < -0.3 is 10.0 Å². The van der Waals surface area contributed by atoms with Crippen LogP contribution in [0.5, 0.6) is 0 Å². The summed E-state index contributed by atoms with van der Waals surface area (Å²) in [5, 5.41) is 16.8. The van der Waals surface area contributed by atoms with Crippen LogP contribution in [0.2, 0.25) is 0 Å². The van der Waals surface area contributed by atoms with E-state index in [1.807, 2.05) is 17.9 Å². The van der Waals surface area contributed by atoms with E-state index in [0.717, 1.165) is 22.9 Å². The van der Waals surface area contributed by atoms with Crippen LogP contribution >= 0.6 is 0 Å². The van der Waals surface area contributed by atoms with Gasteiger partial charge in [0.2, 0.25) is 15.8 Å². The fraction of sp³-hybridized carbons (Fsp3) is 0.357. The molecule has 0 spiro atoms. The van der Waals surface area contributed by atoms with E-state index in [-0.39, 0.29) is 36.1 Å². The minimum atomic E-state index is -4.71. The fourth-order valence-electron chi connectivity index (χ4n) is 5.85. The van der Waals surface area contributed by atoms with Gasteiger partial charge in [-0.15, -0.1) is 10.2 Å². The Morgan fingerprint density at radius 3 is 2.64 bits per heavy atom. The first-order chi connectivity index (χ1) is 19.9. The molecule has 1 fully saturated rings. The molecule has 6 rings (SSSR count). The number of anilines is 1. The highest BCUT2D eigenvalue weighted by Crippen LogP contribution is 2.38. The number of carboxylic acids is 1. The number of aliphatic carboxylic acids is 1. The van der Waals surface area contributed by atoms with E-state index in [4.69, 9.17) is 0 Å². The average Bonchev–Trinajstić information content (AvgIpc) is 3.34. The number of carbonyl (C=O) groups is 1. The highest BCUT2D eigenvalue weighted by Gasteiger charge is 2.42. The zero-order valence-electron chi connectivity index (χ0n) is 22.7. The van der Waals surface area contributed by atoms with Crippen LogP contribution in [0.1, 0.15) is 52.4 Å². The Morgan fingerprint density at radius 2 is 1.95 bits per heavy atom. The highest BCUT2D eigenvalue weighted by molar-refractivity contribution is 7.89. The molecule has 3 aromatic heterocycles. The lowest BCUT2D eigenvalue weighted by Crippen LogP contribution is -2.52. The van der Waals surface area contributed by atoms with E-state index in [1.54, 1.807) is 37.4 Å². The Labute approximate surface area is 239 Å². The third-order valence-corrected chi connectivity index (χ3v) is 10.0. The van der Waals surface area contributed by atoms with E-state index >= 15 is 0 Å². The summed E-state index contributed by atoms with van der Waals surface area (Å²) in [7, 11) is -3.88. The second kappa shape index (κ2) is 10.1. The van der Waals surface area contributed by atoms with Crippen molar-refractivity contribution in [1.82, 2.24) is 23.9 Å². The molecule has 0 bridgehead atoms. The third-order valence-electron chi connectivity index (χ3n) is 8.20. The molecular formula is C28H27F3N6O4S. The van der Waals surface area contributed by atoms with Crippen LogP contribution in [0.4, 0.5) is 19.0 Å². The lowest BCUT2D eigenvalue weighted by molar-refractivity contribution is -0.145. The molecule has 1 saturated heterocycles. The Balaban J connectivity index is 1.39. The van der Waals surface area contributed by atoms with E-state index < -0.39 is 33.9 Å². The Kier molecular flexibility index (Phi) is 6.72. The molecule has 0 unspecified atom stereocenters. The SMILES string of the molecule is Cc1ccc([C@H](CC(=O)O)c2ccn3c(C(F)(F)F)nnc3c2C)cc1CN1C[C@H]2CCN2c2ncccc2S1(=O)=O. The Bertz CT molecular complexity index is 1820. The lowest BCUT2D eigenvalue weighted by Gasteiger charge is -2.41. The van der Waals surface area contributed by atoms with Crippen molar-refractivity contribution in [3.63, 3.8) is 0 Å². The first kappa shape index (κ1) is 28.1. The van der Waals surface area contributed by atoms with Crippen molar-refractivity contribution in [3.8, 4) is 0 Å². The largest absolute Gasteiger partial charge is 0.481 e. The molecule has 1 N–H and O–H groups in total. The van der Waals surface area contributed by atoms with Gasteiger partial charge in [-0.25, -0.2) is 13.4 Å². The molecule has 0 radical (unpaired) electrons. The monoisotopic (exact) mass is 600 g/mol. The Morgan fingerprint density at radius 1 is 1.17 bits per heavy atom. The van der Waals surface area contributed by atoms with Crippen molar-refractivity contribution in [2.45, 2.75) is 56.3 Å². The second-order valence-corrected chi connectivity index (χ2v) is 12.6. The van der Waals surface area contributed by atoms with Crippen molar-refractivity contribution in [2.24, 2.45) is 0 Å². The molecule has 1 aromatic carbocycles. The number of aryl methyl sites for hydroxylation is 2. The summed E-state index contributed by atoms with van der Waals surface area (Å²) in [5.74, 6) is -2.54. The summed E-state index contributed by atoms with van der Waals surface area (Å²) < 4.78 is 70.1. The van der Waals surface area contributed by atoms with Crippen LogP contribution in [0.25, 0.3) is 5.65 Å². The van der Waals surface area contributed by atoms with Crippen molar-refractivity contribution in [3.05, 3.63) is 82.4 Å². The summed E-state index contributed by atoms with van der Waals surface area (Å²) in [6, 6.07) is 9.99. The quantitative estimate of drug-likeness (QED) is 0.351. The van der Waals surface area contributed by atoms with Gasteiger partial charge in [-0.05, 0) is 66.3 Å². The third kappa shape index (κ3) is 4.67. The van der Waals surface area contributed by atoms with Gasteiger partial charge in [0, 0.05) is 44.0 Å². The number of benzene rings is 1. The van der Waals surface area contributed by atoms with Crippen LogP contribution in [0.3, 0.4) is 0 Å². The topological polar surface area (TPSA) is 121 Å². The van der Waals surface area contributed by atoms with Gasteiger partial charge in [0.05, 0.1) is 6.42 Å². The summed E-state index contributed by atoms with van der Waals surface area (Å²) in [4.78, 5) is 18.5. The normalized spacial score (nSPS) is 19.1. The molecule has 0 saturated carbocycles. The van der Waals surface area contributed by atoms with Gasteiger partial charge in [-0.2, -0.15) is 17.5 Å². The van der Waals surface area contributed by atoms with Crippen LogP contribution in [-0.2, 0) is 27.5 Å². The van der Waals surface area contributed by atoms with Crippen molar-refractivity contribution in [2.75, 3.05) is 18.0 Å². The smallest absolute Gasteiger partial charge is 0.452 e. The number of alkyl halides is 3. The average molecular weight is 601 g/mol. The molecule has 2 aliphatic rings. The van der Waals surface area contributed by atoms with Crippen LogP contribution in [0.15, 0.2) is 53.7 Å². The second-order valence-electron chi connectivity index (χ2n) is 10.7. The van der Waals surface area contributed by atoms with Crippen LogP contribution < -0.4 is 4.90 Å². The molecule has 14 heteroatoms. The summed E-state index contributed by atoms with van der Waals surface area (Å²) >= 11 is 0. The number of hydrogen-bond donors (Lipinski definition) is 1. The van der Waals surface area contributed by atoms with Crippen LogP contribution in [-0.4, -0.2) is 62.5 Å². The maximum atomic E-state index is 13.8. The molecule has 2 aliphatic heterocycles. The molecule has 10 nitrogen and oxygen atoms in total. The predicted molar refractivity (Wildman–Crippen MR) is 146 cm³/mol. The van der Waals surface area contributed by atoms with E-state index in [1.165, 1.54) is 16.6 Å². The van der Waals surface area contributed by atoms with Gasteiger partial charge in [0.1, 0.15) is 10.7 Å². The number of carboxylic acid groups (broad SMARTS) is 1. The number of rotatable bonds is 6. The summed E-state index contributed by atoms with van der Waals surface area (Å²) in [6.07, 6.45) is -1.43. The number of aromatic nitrogens is 4. The number of hydrogen-bond acceptors (Lipinski definition) is 7. The molecule has 5 heterocycles. The maximum absolute atomic E-state index is 13.8. The molecule has 0 aliphatic carbocycles. The van der Waals surface area contributed by atoms with Crippen LogP contribution in [0, 0.1) is 13.8 Å². The minimum absolute atomic E-state index is 0.00158. The molecular weight excluding hydrogens is 573 g/mol. The first-order valence-electron chi connectivity index (χ1n) is 13.3. The first-order valence-corrected chi connectivity index (χ1v) is 14.7. The number of sulfonamides is 1. The summed E-state index contributed by atoms with van der Waals surface area (Å²) in [6.45, 7) is 4.52. The number of pyridine rings is 2. The minimum Gasteiger partial charge on any atom is -0.481 e. The molecule has 0 amide bonds. The highest BCUT2D eigenvalue weighted by atomic mass is 32.2. The summed E-state index contributed by atoms with van der Waals surface area (Å²) in [5.41, 5.74) is 2.97. The van der Waals surface area contributed by atoms with E-state index in [9.17, 15) is 31.5 Å². The number of halogens is 3. The predicted octanol–water partition coefficient (Wildman–Crippen LogP) is 4.15. The van der Waals surface area contributed by atoms with Gasteiger partial charge in [0.15, 0.2) is 5.65 Å². The van der Waals surface area contributed by atoms with Gasteiger partial charge in [-0.3, -0.25) is 9.20 Å². The van der Waals surface area contributed by atoms with E-state index in [2.05, 4.69) is 15.2 Å². The van der Waals surface area contributed by atoms with E-state index in [0.29, 0.717) is 28.1 Å². The van der Waals surface area contributed by atoms with Crippen molar-refractivity contribution in [1.29, 1.82) is 0 Å². The number of nitrogens with zero attached hydrogens (tertiary/aromatic N) is 6. The zero-order valence-corrected chi connectivity index (χ0v) is 23.5. The maximum Gasteiger partial charge on any atom is 0.452 e. The Hall–Kier alpha value is -4.04. The van der Waals surface area contributed by atoms with Gasteiger partial charge in [0.25, 0.3) is 0 Å². The molecule has 42 heavy (non-hydrogen) atoms. The number of fused-ring (bicyclic) bond motifs is 4. The van der Waals surface area contributed by atoms with Gasteiger partial charge >= 0.3 is 12.1 Å². The van der Waals surface area contributed by atoms with Crippen molar-refractivity contribution >= 4 is 27.5 Å². The molecule has 4 aromatic rings. The van der Waals surface area contributed by atoms with Gasteiger partial charge in [-0.1, -0.05) is 18.2 Å².